The summed E-state index contributed by atoms with van der Waals surface area (Å²) in [6.07, 6.45) is -3.92. The molecule has 250 valence electrons. The van der Waals surface area contributed by atoms with Crippen LogP contribution in [0.1, 0.15) is 40.7 Å². The van der Waals surface area contributed by atoms with Crippen molar-refractivity contribution in [2.24, 2.45) is 0 Å². The average Bonchev–Trinajstić information content (AvgIpc) is 3.46. The second-order valence-electron chi connectivity index (χ2n) is 10.0. The molecule has 3 aromatic heterocycles. The number of anilines is 1. The molecule has 1 atom stereocenters. The van der Waals surface area contributed by atoms with Crippen LogP contribution in [-0.2, 0) is 36.9 Å². The topological polar surface area (TPSA) is 155 Å². The zero-order chi connectivity index (χ0) is 34.2. The summed E-state index contributed by atoms with van der Waals surface area (Å²) in [7, 11) is 0. The molecule has 0 aliphatic rings. The number of carbonyl (C=O) groups is 2. The molecule has 4 rings (SSSR count). The van der Waals surface area contributed by atoms with E-state index in [2.05, 4.69) is 35.7 Å². The Morgan fingerprint density at radius 1 is 1.09 bits per heavy atom. The fraction of sp³-hybridized carbons (Fsp3) is 0.321. The number of hydrogen-bond donors (Lipinski definition) is 2. The lowest BCUT2D eigenvalue weighted by Crippen LogP contribution is -2.26. The molecule has 19 heteroatoms. The predicted molar refractivity (Wildman–Crippen MR) is 150 cm³/mol. The molecular formula is C28H26F6N8O5. The number of halogens is 6. The van der Waals surface area contributed by atoms with Gasteiger partial charge in [-0.05, 0) is 42.3 Å². The van der Waals surface area contributed by atoms with Gasteiger partial charge >= 0.3 is 18.1 Å². The number of hydrogen-bond acceptors (Lipinski definition) is 9. The van der Waals surface area contributed by atoms with Gasteiger partial charge in [0.15, 0.2) is 5.69 Å². The van der Waals surface area contributed by atoms with Crippen molar-refractivity contribution in [2.45, 2.75) is 58.0 Å². The van der Waals surface area contributed by atoms with E-state index < -0.39 is 48.5 Å². The van der Waals surface area contributed by atoms with Gasteiger partial charge in [-0.3, -0.25) is 19.7 Å². The number of amides is 2. The average molecular weight is 669 g/mol. The van der Waals surface area contributed by atoms with Gasteiger partial charge in [-0.15, -0.1) is 18.3 Å². The Balaban J connectivity index is 1.21. The second kappa shape index (κ2) is 14.7. The Kier molecular flexibility index (Phi) is 10.8. The third-order valence-electron chi connectivity index (χ3n) is 6.20. The SMILES string of the molecule is CC(F)(F)c1ccnc(CNC(=O)c2cn(CC(F)CCn3ccc(NC(=O)OCc4cccc(OC(F)(F)F)c4)nc3=O)nn2)c1. The summed E-state index contributed by atoms with van der Waals surface area (Å²) in [6, 6.07) is 8.41. The normalized spacial score (nSPS) is 12.3. The first-order valence-corrected chi connectivity index (χ1v) is 13.7. The van der Waals surface area contributed by atoms with E-state index in [-0.39, 0.29) is 54.4 Å². The van der Waals surface area contributed by atoms with Gasteiger partial charge in [-0.2, -0.15) is 4.98 Å². The fourth-order valence-corrected chi connectivity index (χ4v) is 3.97. The lowest BCUT2D eigenvalue weighted by Gasteiger charge is -2.11. The maximum Gasteiger partial charge on any atom is 0.573 e. The molecule has 47 heavy (non-hydrogen) atoms. The van der Waals surface area contributed by atoms with Crippen molar-refractivity contribution in [1.29, 1.82) is 0 Å². The lowest BCUT2D eigenvalue weighted by atomic mass is 10.1. The summed E-state index contributed by atoms with van der Waals surface area (Å²) in [5.74, 6) is -4.42. The Morgan fingerprint density at radius 2 is 1.87 bits per heavy atom. The predicted octanol–water partition coefficient (Wildman–Crippen LogP) is 4.35. The minimum atomic E-state index is -4.88. The number of nitrogens with zero attached hydrogens (tertiary/aromatic N) is 6. The highest BCUT2D eigenvalue weighted by atomic mass is 19.4. The Hall–Kier alpha value is -5.49. The van der Waals surface area contributed by atoms with Crippen molar-refractivity contribution in [2.75, 3.05) is 5.32 Å². The minimum Gasteiger partial charge on any atom is -0.444 e. The van der Waals surface area contributed by atoms with Gasteiger partial charge in [0.25, 0.3) is 11.8 Å². The number of aryl methyl sites for hydroxylation is 1. The van der Waals surface area contributed by atoms with Crippen molar-refractivity contribution < 1.29 is 45.4 Å². The second-order valence-corrected chi connectivity index (χ2v) is 10.0. The highest BCUT2D eigenvalue weighted by Crippen LogP contribution is 2.27. The van der Waals surface area contributed by atoms with Crippen molar-refractivity contribution in [3.8, 4) is 5.75 Å². The first-order valence-electron chi connectivity index (χ1n) is 13.7. The van der Waals surface area contributed by atoms with Crippen molar-refractivity contribution >= 4 is 17.8 Å². The Bertz CT molecular complexity index is 1760. The number of ether oxygens (including phenoxy) is 2. The van der Waals surface area contributed by atoms with Crippen LogP contribution in [0.4, 0.5) is 37.0 Å². The van der Waals surface area contributed by atoms with Crippen LogP contribution in [0, 0.1) is 0 Å². The first kappa shape index (κ1) is 34.4. The molecule has 3 heterocycles. The Morgan fingerprint density at radius 3 is 2.60 bits per heavy atom. The van der Waals surface area contributed by atoms with Crippen molar-refractivity contribution in [3.63, 3.8) is 0 Å². The maximum atomic E-state index is 14.7. The third kappa shape index (κ3) is 10.8. The highest BCUT2D eigenvalue weighted by Gasteiger charge is 2.31. The highest BCUT2D eigenvalue weighted by molar-refractivity contribution is 5.91. The molecule has 0 spiro atoms. The van der Waals surface area contributed by atoms with Crippen LogP contribution in [0.25, 0.3) is 0 Å². The van der Waals surface area contributed by atoms with Crippen molar-refractivity contribution in [3.05, 3.63) is 94.1 Å². The zero-order valence-electron chi connectivity index (χ0n) is 24.4. The van der Waals surface area contributed by atoms with Crippen molar-refractivity contribution in [1.82, 2.24) is 34.8 Å². The Labute approximate surface area is 261 Å². The summed E-state index contributed by atoms with van der Waals surface area (Å²) < 4.78 is 89.8. The number of nitrogens with one attached hydrogen (secondary N) is 2. The van der Waals surface area contributed by atoms with E-state index in [0.29, 0.717) is 0 Å². The number of carbonyl (C=O) groups excluding carboxylic acids is 2. The number of pyridine rings is 1. The molecule has 2 N–H and O–H groups in total. The van der Waals surface area contributed by atoms with Gasteiger partial charge in [0.1, 0.15) is 24.3 Å². The summed E-state index contributed by atoms with van der Waals surface area (Å²) >= 11 is 0. The molecule has 4 aromatic rings. The van der Waals surface area contributed by atoms with Gasteiger partial charge < -0.3 is 14.8 Å². The van der Waals surface area contributed by atoms with E-state index in [4.69, 9.17) is 4.74 Å². The molecule has 0 aliphatic heterocycles. The molecule has 1 aromatic carbocycles. The first-order chi connectivity index (χ1) is 22.1. The summed E-state index contributed by atoms with van der Waals surface area (Å²) in [6.45, 7) is -0.210. The molecule has 0 saturated heterocycles. The van der Waals surface area contributed by atoms with Gasteiger partial charge in [0.05, 0.1) is 25.0 Å². The summed E-state index contributed by atoms with van der Waals surface area (Å²) in [5.41, 5.74) is -0.800. The van der Waals surface area contributed by atoms with E-state index >= 15 is 0 Å². The molecule has 0 radical (unpaired) electrons. The van der Waals surface area contributed by atoms with Crippen LogP contribution in [0.2, 0.25) is 0 Å². The van der Waals surface area contributed by atoms with Crippen LogP contribution in [0.15, 0.2) is 65.8 Å². The lowest BCUT2D eigenvalue weighted by molar-refractivity contribution is -0.274. The zero-order valence-corrected chi connectivity index (χ0v) is 24.4. The third-order valence-corrected chi connectivity index (χ3v) is 6.20. The molecule has 0 aliphatic carbocycles. The smallest absolute Gasteiger partial charge is 0.444 e. The molecule has 0 saturated carbocycles. The van der Waals surface area contributed by atoms with E-state index in [0.717, 1.165) is 34.4 Å². The van der Waals surface area contributed by atoms with Crippen LogP contribution < -0.4 is 21.1 Å². The van der Waals surface area contributed by atoms with Gasteiger partial charge in [-0.25, -0.2) is 27.4 Å². The molecule has 13 nitrogen and oxygen atoms in total. The molecule has 1 unspecified atom stereocenters. The van der Waals surface area contributed by atoms with Gasteiger partial charge in [0, 0.05) is 31.4 Å². The van der Waals surface area contributed by atoms with Crippen LogP contribution in [-0.4, -0.2) is 54.1 Å². The van der Waals surface area contributed by atoms with Gasteiger partial charge in [-0.1, -0.05) is 17.3 Å². The van der Waals surface area contributed by atoms with E-state index in [1.807, 2.05) is 0 Å². The van der Waals surface area contributed by atoms with Crippen LogP contribution in [0.5, 0.6) is 5.75 Å². The quantitative estimate of drug-likeness (QED) is 0.198. The number of alkyl halides is 6. The van der Waals surface area contributed by atoms with E-state index in [9.17, 15) is 40.7 Å². The van der Waals surface area contributed by atoms with E-state index in [1.165, 1.54) is 42.9 Å². The molecule has 0 fully saturated rings. The monoisotopic (exact) mass is 668 g/mol. The molecule has 2 amide bonds. The number of benzene rings is 1. The standard InChI is InChI=1S/C28H26F6N8O5/c1-27(30,31)18-5-8-35-20(12-18)13-36-24(43)22-15-42(40-39-22)14-19(29)6-9-41-10-7-23(37-25(41)44)38-26(45)46-16-17-3-2-4-21(11-17)47-28(32,33)34/h2-5,7-8,10-12,15,19H,6,9,13-14,16H2,1H3,(H,36,43)(H,37,38,44,45). The molecular weight excluding hydrogens is 642 g/mol. The number of rotatable bonds is 13. The minimum absolute atomic E-state index is 0.0982. The number of aromatic nitrogens is 6. The summed E-state index contributed by atoms with van der Waals surface area (Å²) in [4.78, 5) is 44.4. The van der Waals surface area contributed by atoms with E-state index in [1.54, 1.807) is 0 Å². The maximum absolute atomic E-state index is 14.7. The van der Waals surface area contributed by atoms with Gasteiger partial charge in [0.2, 0.25) is 0 Å². The van der Waals surface area contributed by atoms with Crippen LogP contribution >= 0.6 is 0 Å². The summed E-state index contributed by atoms with van der Waals surface area (Å²) in [5, 5.41) is 12.1. The molecule has 0 bridgehead atoms. The fourth-order valence-electron chi connectivity index (χ4n) is 3.97. The van der Waals surface area contributed by atoms with Crippen LogP contribution in [0.3, 0.4) is 0 Å². The largest absolute Gasteiger partial charge is 0.573 e.